The van der Waals surface area contributed by atoms with Crippen LogP contribution >= 0.6 is 0 Å². The lowest BCUT2D eigenvalue weighted by Gasteiger charge is -2.17. The number of aryl methyl sites for hydroxylation is 1. The van der Waals surface area contributed by atoms with Crippen LogP contribution in [0.3, 0.4) is 0 Å². The van der Waals surface area contributed by atoms with Crippen LogP contribution in [0.1, 0.15) is 56.6 Å². The summed E-state index contributed by atoms with van der Waals surface area (Å²) in [5.41, 5.74) is 2.94. The molecule has 1 aliphatic carbocycles. The molecule has 0 nitrogen and oxygen atoms in total. The van der Waals surface area contributed by atoms with Gasteiger partial charge in [-0.2, -0.15) is 0 Å². The first kappa shape index (κ1) is 11.7. The standard InChI is InChI=1S/C16H24/c1-4-13(3)15-9-10-16(11-15)14-7-5-12(2)6-8-14/h5-8,13,15-16H,4,9-11H2,1-3H3. The van der Waals surface area contributed by atoms with Crippen LogP contribution in [0.4, 0.5) is 0 Å². The van der Waals surface area contributed by atoms with Crippen molar-refractivity contribution in [3.63, 3.8) is 0 Å². The summed E-state index contributed by atoms with van der Waals surface area (Å²) in [6, 6.07) is 9.18. The SMILES string of the molecule is CCC(C)C1CCC(c2ccc(C)cc2)C1. The Bertz CT molecular complexity index is 322. The van der Waals surface area contributed by atoms with Gasteiger partial charge < -0.3 is 0 Å². The summed E-state index contributed by atoms with van der Waals surface area (Å²) >= 11 is 0. The second-order valence-electron chi connectivity index (χ2n) is 5.57. The van der Waals surface area contributed by atoms with Gasteiger partial charge in [0.25, 0.3) is 0 Å². The molecule has 0 aliphatic heterocycles. The van der Waals surface area contributed by atoms with Crippen molar-refractivity contribution in [2.24, 2.45) is 11.8 Å². The number of rotatable bonds is 3. The first-order valence-corrected chi connectivity index (χ1v) is 6.77. The molecule has 3 unspecified atom stereocenters. The van der Waals surface area contributed by atoms with Gasteiger partial charge in [0.2, 0.25) is 0 Å². The zero-order chi connectivity index (χ0) is 11.5. The molecule has 16 heavy (non-hydrogen) atoms. The normalized spacial score (nSPS) is 26.9. The Morgan fingerprint density at radius 3 is 2.50 bits per heavy atom. The molecular weight excluding hydrogens is 192 g/mol. The third-order valence-corrected chi connectivity index (χ3v) is 4.47. The Hall–Kier alpha value is -0.780. The Labute approximate surface area is 100 Å². The van der Waals surface area contributed by atoms with Crippen LogP contribution in [0.25, 0.3) is 0 Å². The van der Waals surface area contributed by atoms with E-state index in [9.17, 15) is 0 Å². The molecule has 0 heterocycles. The Balaban J connectivity index is 2.00. The summed E-state index contributed by atoms with van der Waals surface area (Å²) in [7, 11) is 0. The maximum atomic E-state index is 2.42. The number of hydrogen-bond acceptors (Lipinski definition) is 0. The topological polar surface area (TPSA) is 0 Å². The fourth-order valence-electron chi connectivity index (χ4n) is 3.01. The van der Waals surface area contributed by atoms with Crippen LogP contribution in [0.5, 0.6) is 0 Å². The third kappa shape index (κ3) is 2.48. The molecule has 1 aromatic rings. The molecule has 0 amide bonds. The lowest BCUT2D eigenvalue weighted by Crippen LogP contribution is -2.06. The van der Waals surface area contributed by atoms with Gasteiger partial charge in [0.05, 0.1) is 0 Å². The molecule has 3 atom stereocenters. The van der Waals surface area contributed by atoms with Crippen LogP contribution in [-0.2, 0) is 0 Å². The Kier molecular flexibility index (Phi) is 3.68. The molecule has 0 saturated heterocycles. The monoisotopic (exact) mass is 216 g/mol. The van der Waals surface area contributed by atoms with Crippen molar-refractivity contribution in [1.29, 1.82) is 0 Å². The summed E-state index contributed by atoms with van der Waals surface area (Å²) in [6.07, 6.45) is 5.59. The molecule has 0 bridgehead atoms. The van der Waals surface area contributed by atoms with Crippen molar-refractivity contribution in [2.75, 3.05) is 0 Å². The highest BCUT2D eigenvalue weighted by molar-refractivity contribution is 5.25. The molecule has 0 N–H and O–H groups in total. The molecule has 1 aromatic carbocycles. The van der Waals surface area contributed by atoms with Crippen molar-refractivity contribution in [1.82, 2.24) is 0 Å². The maximum absolute atomic E-state index is 2.42. The lowest BCUT2D eigenvalue weighted by molar-refractivity contribution is 0.353. The molecule has 1 saturated carbocycles. The van der Waals surface area contributed by atoms with Crippen LogP contribution < -0.4 is 0 Å². The zero-order valence-electron chi connectivity index (χ0n) is 10.9. The van der Waals surface area contributed by atoms with Crippen molar-refractivity contribution in [3.8, 4) is 0 Å². The van der Waals surface area contributed by atoms with Gasteiger partial charge in [0.15, 0.2) is 0 Å². The molecule has 88 valence electrons. The van der Waals surface area contributed by atoms with Gasteiger partial charge in [-0.25, -0.2) is 0 Å². The van der Waals surface area contributed by atoms with E-state index in [2.05, 4.69) is 45.0 Å². The molecule has 0 radical (unpaired) electrons. The largest absolute Gasteiger partial charge is 0.0651 e. The van der Waals surface area contributed by atoms with Gasteiger partial charge in [0, 0.05) is 0 Å². The molecule has 0 spiro atoms. The van der Waals surface area contributed by atoms with Crippen LogP contribution in [0.2, 0.25) is 0 Å². The van der Waals surface area contributed by atoms with E-state index in [1.54, 1.807) is 5.56 Å². The van der Waals surface area contributed by atoms with E-state index in [0.717, 1.165) is 17.8 Å². The minimum absolute atomic E-state index is 0.833. The highest BCUT2D eigenvalue weighted by Crippen LogP contribution is 2.42. The van der Waals surface area contributed by atoms with Gasteiger partial charge >= 0.3 is 0 Å². The van der Waals surface area contributed by atoms with Gasteiger partial charge in [0.1, 0.15) is 0 Å². The number of benzene rings is 1. The van der Waals surface area contributed by atoms with Gasteiger partial charge in [-0.1, -0.05) is 50.1 Å². The van der Waals surface area contributed by atoms with E-state index >= 15 is 0 Å². The Morgan fingerprint density at radius 2 is 1.88 bits per heavy atom. The van der Waals surface area contributed by atoms with E-state index in [4.69, 9.17) is 0 Å². The van der Waals surface area contributed by atoms with Gasteiger partial charge in [-0.15, -0.1) is 0 Å². The quantitative estimate of drug-likeness (QED) is 0.672. The molecule has 1 fully saturated rings. The predicted molar refractivity (Wildman–Crippen MR) is 70.7 cm³/mol. The second-order valence-corrected chi connectivity index (χ2v) is 5.57. The van der Waals surface area contributed by atoms with Gasteiger partial charge in [-0.3, -0.25) is 0 Å². The van der Waals surface area contributed by atoms with Gasteiger partial charge in [-0.05, 0) is 49.5 Å². The van der Waals surface area contributed by atoms with Crippen LogP contribution in [-0.4, -0.2) is 0 Å². The first-order chi connectivity index (χ1) is 7.70. The van der Waals surface area contributed by atoms with Crippen LogP contribution in [0, 0.1) is 18.8 Å². The maximum Gasteiger partial charge on any atom is -0.0159 e. The Morgan fingerprint density at radius 1 is 1.19 bits per heavy atom. The van der Waals surface area contributed by atoms with Crippen LogP contribution in [0.15, 0.2) is 24.3 Å². The van der Waals surface area contributed by atoms with E-state index < -0.39 is 0 Å². The summed E-state index contributed by atoms with van der Waals surface area (Å²) in [5, 5.41) is 0. The van der Waals surface area contributed by atoms with Crippen molar-refractivity contribution < 1.29 is 0 Å². The zero-order valence-corrected chi connectivity index (χ0v) is 10.9. The molecular formula is C16H24. The van der Waals surface area contributed by atoms with Crippen molar-refractivity contribution >= 4 is 0 Å². The summed E-state index contributed by atoms with van der Waals surface area (Å²) in [5.74, 6) is 2.71. The summed E-state index contributed by atoms with van der Waals surface area (Å²) in [6.45, 7) is 6.91. The molecule has 0 heteroatoms. The third-order valence-electron chi connectivity index (χ3n) is 4.47. The summed E-state index contributed by atoms with van der Waals surface area (Å²) < 4.78 is 0. The first-order valence-electron chi connectivity index (χ1n) is 6.77. The fourth-order valence-corrected chi connectivity index (χ4v) is 3.01. The highest BCUT2D eigenvalue weighted by atomic mass is 14.3. The van der Waals surface area contributed by atoms with Crippen molar-refractivity contribution in [2.45, 2.75) is 52.4 Å². The van der Waals surface area contributed by atoms with E-state index in [1.165, 1.54) is 31.2 Å². The number of hydrogen-bond donors (Lipinski definition) is 0. The minimum Gasteiger partial charge on any atom is -0.0651 e. The predicted octanol–water partition coefficient (Wildman–Crippen LogP) is 4.92. The molecule has 0 aromatic heterocycles. The van der Waals surface area contributed by atoms with Crippen molar-refractivity contribution in [3.05, 3.63) is 35.4 Å². The van der Waals surface area contributed by atoms with E-state index in [-0.39, 0.29) is 0 Å². The lowest BCUT2D eigenvalue weighted by atomic mass is 9.88. The second kappa shape index (κ2) is 5.03. The average Bonchev–Trinajstić information content (AvgIpc) is 2.78. The fraction of sp³-hybridized carbons (Fsp3) is 0.625. The average molecular weight is 216 g/mol. The smallest absolute Gasteiger partial charge is 0.0159 e. The molecule has 1 aliphatic rings. The highest BCUT2D eigenvalue weighted by Gasteiger charge is 2.28. The summed E-state index contributed by atoms with van der Waals surface area (Å²) in [4.78, 5) is 0. The van der Waals surface area contributed by atoms with E-state index in [0.29, 0.717) is 0 Å². The minimum atomic E-state index is 0.833. The molecule has 2 rings (SSSR count). The van der Waals surface area contributed by atoms with E-state index in [1.807, 2.05) is 0 Å².